The van der Waals surface area contributed by atoms with E-state index in [9.17, 15) is 19.7 Å². The Bertz CT molecular complexity index is 1290. The van der Waals surface area contributed by atoms with Gasteiger partial charge in [-0.25, -0.2) is 4.79 Å². The predicted octanol–water partition coefficient (Wildman–Crippen LogP) is 4.59. The molecule has 0 radical (unpaired) electrons. The molecule has 0 unspecified atom stereocenters. The van der Waals surface area contributed by atoms with Crippen molar-refractivity contribution in [1.82, 2.24) is 4.57 Å². The van der Waals surface area contributed by atoms with E-state index in [1.54, 1.807) is 0 Å². The summed E-state index contributed by atoms with van der Waals surface area (Å²) in [4.78, 5) is 34.6. The summed E-state index contributed by atoms with van der Waals surface area (Å²) in [5.41, 5.74) is 3.33. The van der Waals surface area contributed by atoms with Crippen LogP contribution < -0.4 is 11.1 Å². The number of nitrogens with one attached hydrogen (secondary N) is 1. The van der Waals surface area contributed by atoms with Crippen LogP contribution in [0.4, 0.5) is 11.4 Å². The number of oxazole rings is 1. The largest absolute Gasteiger partial charge is 0.419 e. The molecule has 1 N–H and O–H groups in total. The summed E-state index contributed by atoms with van der Waals surface area (Å²) in [6, 6.07) is 21.6. The second kappa shape index (κ2) is 8.66. The Kier molecular flexibility index (Phi) is 5.61. The number of carbonyl (C=O) groups is 1. The maximum atomic E-state index is 12.3. The Labute approximate surface area is 176 Å². The van der Waals surface area contributed by atoms with Crippen molar-refractivity contribution in [2.75, 3.05) is 5.32 Å². The van der Waals surface area contributed by atoms with Crippen molar-refractivity contribution in [3.63, 3.8) is 0 Å². The molecule has 0 aliphatic rings. The highest BCUT2D eigenvalue weighted by atomic mass is 16.6. The van der Waals surface area contributed by atoms with Gasteiger partial charge in [0.2, 0.25) is 5.91 Å². The number of benzene rings is 3. The molecule has 1 aromatic heterocycles. The van der Waals surface area contributed by atoms with E-state index in [0.717, 1.165) is 11.1 Å². The molecular weight excluding hydrogens is 398 g/mol. The SMILES string of the molecule is O=C(CCCn1c(=O)oc2cc([N+](=O)[O-])ccc21)Nc1ccc(-c2ccccc2)cc1. The zero-order valence-corrected chi connectivity index (χ0v) is 16.5. The molecule has 0 bridgehead atoms. The molecule has 8 nitrogen and oxygen atoms in total. The van der Waals surface area contributed by atoms with Crippen molar-refractivity contribution in [3.05, 3.63) is 93.5 Å². The van der Waals surface area contributed by atoms with Crippen LogP contribution in [0.3, 0.4) is 0 Å². The minimum Gasteiger partial charge on any atom is -0.407 e. The summed E-state index contributed by atoms with van der Waals surface area (Å²) >= 11 is 0. The molecule has 0 aliphatic heterocycles. The quantitative estimate of drug-likeness (QED) is 0.350. The van der Waals surface area contributed by atoms with Crippen molar-refractivity contribution in [2.24, 2.45) is 0 Å². The van der Waals surface area contributed by atoms with Crippen LogP contribution >= 0.6 is 0 Å². The molecule has 0 fully saturated rings. The van der Waals surface area contributed by atoms with Crippen molar-refractivity contribution < 1.29 is 14.1 Å². The van der Waals surface area contributed by atoms with Crippen molar-refractivity contribution >= 4 is 28.4 Å². The minimum atomic E-state index is -0.604. The van der Waals surface area contributed by atoms with Crippen LogP contribution in [0.5, 0.6) is 0 Å². The zero-order valence-electron chi connectivity index (χ0n) is 16.5. The molecule has 156 valence electrons. The van der Waals surface area contributed by atoms with Gasteiger partial charge in [-0.15, -0.1) is 0 Å². The normalized spacial score (nSPS) is 10.8. The molecule has 8 heteroatoms. The first kappa shape index (κ1) is 20.1. The molecular formula is C23H19N3O5. The number of non-ortho nitro benzene ring substituents is 1. The molecule has 0 aliphatic carbocycles. The predicted molar refractivity (Wildman–Crippen MR) is 117 cm³/mol. The standard InChI is InChI=1S/C23H19N3O5/c27-22(24-18-10-8-17(9-11-18)16-5-2-1-3-6-16)7-4-14-25-20-13-12-19(26(29)30)15-21(20)31-23(25)28/h1-3,5-6,8-13,15H,4,7,14H2,(H,24,27). The molecule has 0 saturated carbocycles. The Balaban J connectivity index is 1.35. The molecule has 0 atom stereocenters. The highest BCUT2D eigenvalue weighted by Crippen LogP contribution is 2.22. The Hall–Kier alpha value is -4.20. The van der Waals surface area contributed by atoms with E-state index in [1.165, 1.54) is 22.8 Å². The van der Waals surface area contributed by atoms with Crippen LogP contribution in [0.25, 0.3) is 22.2 Å². The Morgan fingerprint density at radius 3 is 2.42 bits per heavy atom. The van der Waals surface area contributed by atoms with Gasteiger partial charge in [0.25, 0.3) is 5.69 Å². The maximum absolute atomic E-state index is 12.3. The number of fused-ring (bicyclic) bond motifs is 1. The molecule has 0 spiro atoms. The summed E-state index contributed by atoms with van der Waals surface area (Å²) in [5.74, 6) is -0.767. The second-order valence-electron chi connectivity index (χ2n) is 7.02. The fraction of sp³-hybridized carbons (Fsp3) is 0.130. The minimum absolute atomic E-state index is 0.147. The summed E-state index contributed by atoms with van der Waals surface area (Å²) in [6.45, 7) is 0.268. The number of hydrogen-bond donors (Lipinski definition) is 1. The van der Waals surface area contributed by atoms with E-state index < -0.39 is 10.7 Å². The number of aryl methyl sites for hydroxylation is 1. The topological polar surface area (TPSA) is 107 Å². The smallest absolute Gasteiger partial charge is 0.407 e. The molecule has 4 rings (SSSR count). The van der Waals surface area contributed by atoms with Crippen LogP contribution in [0.2, 0.25) is 0 Å². The van der Waals surface area contributed by atoms with E-state index in [-0.39, 0.29) is 30.1 Å². The maximum Gasteiger partial charge on any atom is 0.419 e. The van der Waals surface area contributed by atoms with Crippen LogP contribution in [-0.2, 0) is 11.3 Å². The number of hydrogen-bond acceptors (Lipinski definition) is 5. The molecule has 0 saturated heterocycles. The lowest BCUT2D eigenvalue weighted by Gasteiger charge is -2.07. The summed E-state index contributed by atoms with van der Waals surface area (Å²) in [5, 5.41) is 13.7. The van der Waals surface area contributed by atoms with Gasteiger partial charge in [0, 0.05) is 24.7 Å². The summed E-state index contributed by atoms with van der Waals surface area (Å²) < 4.78 is 6.47. The van der Waals surface area contributed by atoms with E-state index in [4.69, 9.17) is 4.42 Å². The Morgan fingerprint density at radius 2 is 1.71 bits per heavy atom. The molecule has 3 aromatic carbocycles. The molecule has 1 heterocycles. The number of aromatic nitrogens is 1. The van der Waals surface area contributed by atoms with E-state index in [2.05, 4.69) is 5.32 Å². The lowest BCUT2D eigenvalue weighted by atomic mass is 10.1. The highest BCUT2D eigenvalue weighted by Gasteiger charge is 2.14. The third kappa shape index (κ3) is 4.53. The molecule has 4 aromatic rings. The lowest BCUT2D eigenvalue weighted by molar-refractivity contribution is -0.384. The van der Waals surface area contributed by atoms with Crippen LogP contribution in [0.15, 0.2) is 82.0 Å². The van der Waals surface area contributed by atoms with Gasteiger partial charge >= 0.3 is 5.76 Å². The zero-order chi connectivity index (χ0) is 21.8. The summed E-state index contributed by atoms with van der Waals surface area (Å²) in [6.07, 6.45) is 0.631. The van der Waals surface area contributed by atoms with Crippen LogP contribution in [0, 0.1) is 10.1 Å². The summed E-state index contributed by atoms with van der Waals surface area (Å²) in [7, 11) is 0. The number of nitrogens with zero attached hydrogens (tertiary/aromatic N) is 2. The molecule has 1 amide bonds. The third-order valence-corrected chi connectivity index (χ3v) is 4.92. The first-order chi connectivity index (χ1) is 15.0. The van der Waals surface area contributed by atoms with Gasteiger partial charge in [-0.1, -0.05) is 42.5 Å². The van der Waals surface area contributed by atoms with E-state index >= 15 is 0 Å². The number of rotatable bonds is 7. The highest BCUT2D eigenvalue weighted by molar-refractivity contribution is 5.91. The number of carbonyl (C=O) groups excluding carboxylic acids is 1. The van der Waals surface area contributed by atoms with Gasteiger partial charge in [0.15, 0.2) is 5.58 Å². The van der Waals surface area contributed by atoms with Crippen LogP contribution in [0.1, 0.15) is 12.8 Å². The van der Waals surface area contributed by atoms with Gasteiger partial charge in [-0.05, 0) is 35.7 Å². The van der Waals surface area contributed by atoms with Crippen molar-refractivity contribution in [2.45, 2.75) is 19.4 Å². The van der Waals surface area contributed by atoms with Crippen molar-refractivity contribution in [3.8, 4) is 11.1 Å². The van der Waals surface area contributed by atoms with Gasteiger partial charge in [0.1, 0.15) is 0 Å². The van der Waals surface area contributed by atoms with Crippen LogP contribution in [-0.4, -0.2) is 15.4 Å². The number of anilines is 1. The number of nitro benzene ring substituents is 1. The first-order valence-electron chi connectivity index (χ1n) is 9.74. The van der Waals surface area contributed by atoms with Gasteiger partial charge in [0.05, 0.1) is 16.5 Å². The second-order valence-corrected chi connectivity index (χ2v) is 7.02. The van der Waals surface area contributed by atoms with Gasteiger partial charge < -0.3 is 9.73 Å². The Morgan fingerprint density at radius 1 is 1.00 bits per heavy atom. The third-order valence-electron chi connectivity index (χ3n) is 4.92. The van der Waals surface area contributed by atoms with Gasteiger partial charge in [-0.3, -0.25) is 19.5 Å². The number of nitro groups is 1. The van der Waals surface area contributed by atoms with E-state index in [0.29, 0.717) is 17.6 Å². The average Bonchev–Trinajstić information content (AvgIpc) is 3.09. The first-order valence-corrected chi connectivity index (χ1v) is 9.74. The van der Waals surface area contributed by atoms with Gasteiger partial charge in [-0.2, -0.15) is 0 Å². The monoisotopic (exact) mass is 417 g/mol. The van der Waals surface area contributed by atoms with Crippen molar-refractivity contribution in [1.29, 1.82) is 0 Å². The fourth-order valence-corrected chi connectivity index (χ4v) is 3.38. The number of amides is 1. The van der Waals surface area contributed by atoms with E-state index in [1.807, 2.05) is 54.6 Å². The average molecular weight is 417 g/mol. The fourth-order valence-electron chi connectivity index (χ4n) is 3.38. The molecule has 31 heavy (non-hydrogen) atoms. The lowest BCUT2D eigenvalue weighted by Crippen LogP contribution is -2.17.